The van der Waals surface area contributed by atoms with E-state index in [1.807, 2.05) is 30.3 Å². The normalized spacial score (nSPS) is 16.1. The summed E-state index contributed by atoms with van der Waals surface area (Å²) in [5.41, 5.74) is 9.08. The van der Waals surface area contributed by atoms with E-state index in [2.05, 4.69) is 30.1 Å². The topological polar surface area (TPSA) is 38.5 Å². The van der Waals surface area contributed by atoms with Gasteiger partial charge in [0.15, 0.2) is 0 Å². The lowest BCUT2D eigenvalue weighted by atomic mass is 10.0. The van der Waals surface area contributed by atoms with Gasteiger partial charge in [-0.1, -0.05) is 42.5 Å². The first kappa shape index (κ1) is 13.9. The summed E-state index contributed by atoms with van der Waals surface area (Å²) in [6.07, 6.45) is 0. The molecule has 3 nitrogen and oxygen atoms in total. The highest BCUT2D eigenvalue weighted by atomic mass is 32.1. The standard InChI is InChI=1S/C17H18N2OS/c1-19(15-8-4-2-7-14(15)17(18)21)10-12-11-20-16-9-5-3-6-13(12)16/h2-9,12H,10-11H2,1H3,(H2,18,21). The zero-order chi connectivity index (χ0) is 14.8. The van der Waals surface area contributed by atoms with Crippen molar-refractivity contribution in [1.82, 2.24) is 0 Å². The van der Waals surface area contributed by atoms with Crippen LogP contribution in [0.5, 0.6) is 5.75 Å². The van der Waals surface area contributed by atoms with E-state index in [1.165, 1.54) is 5.56 Å². The number of para-hydroxylation sites is 2. The van der Waals surface area contributed by atoms with Crippen molar-refractivity contribution in [1.29, 1.82) is 0 Å². The van der Waals surface area contributed by atoms with Gasteiger partial charge in [0.05, 0.1) is 6.61 Å². The van der Waals surface area contributed by atoms with Crippen LogP contribution in [0.3, 0.4) is 0 Å². The number of thiocarbonyl (C=S) groups is 1. The molecule has 1 aliphatic rings. The second-order valence-corrected chi connectivity index (χ2v) is 5.75. The SMILES string of the molecule is CN(CC1COc2ccccc21)c1ccccc1C(N)=S. The first-order valence-corrected chi connectivity index (χ1v) is 7.39. The smallest absolute Gasteiger partial charge is 0.122 e. The molecule has 1 heterocycles. The minimum absolute atomic E-state index is 0.366. The van der Waals surface area contributed by atoms with E-state index in [9.17, 15) is 0 Å². The molecule has 0 bridgehead atoms. The Balaban J connectivity index is 1.82. The third kappa shape index (κ3) is 2.72. The number of nitrogens with two attached hydrogens (primary N) is 1. The molecule has 1 unspecified atom stereocenters. The van der Waals surface area contributed by atoms with Crippen molar-refractivity contribution in [3.63, 3.8) is 0 Å². The largest absolute Gasteiger partial charge is 0.493 e. The fraction of sp³-hybridized carbons (Fsp3) is 0.235. The quantitative estimate of drug-likeness (QED) is 0.881. The summed E-state index contributed by atoms with van der Waals surface area (Å²) < 4.78 is 5.75. The van der Waals surface area contributed by atoms with Crippen LogP contribution in [0, 0.1) is 0 Å². The van der Waals surface area contributed by atoms with Crippen molar-refractivity contribution < 1.29 is 4.74 Å². The van der Waals surface area contributed by atoms with Crippen molar-refractivity contribution in [3.05, 3.63) is 59.7 Å². The van der Waals surface area contributed by atoms with E-state index in [4.69, 9.17) is 22.7 Å². The maximum atomic E-state index is 5.82. The van der Waals surface area contributed by atoms with Gasteiger partial charge < -0.3 is 15.4 Å². The maximum Gasteiger partial charge on any atom is 0.122 e. The fourth-order valence-corrected chi connectivity index (χ4v) is 3.00. The molecular weight excluding hydrogens is 280 g/mol. The zero-order valence-electron chi connectivity index (χ0n) is 12.0. The minimum Gasteiger partial charge on any atom is -0.493 e. The number of hydrogen-bond acceptors (Lipinski definition) is 3. The number of ether oxygens (including phenoxy) is 1. The second-order valence-electron chi connectivity index (χ2n) is 5.31. The number of hydrogen-bond donors (Lipinski definition) is 1. The molecule has 1 aliphatic heterocycles. The van der Waals surface area contributed by atoms with Crippen LogP contribution in [0.25, 0.3) is 0 Å². The molecule has 0 aliphatic carbocycles. The van der Waals surface area contributed by atoms with Gasteiger partial charge >= 0.3 is 0 Å². The second kappa shape index (κ2) is 5.74. The van der Waals surface area contributed by atoms with E-state index >= 15 is 0 Å². The molecule has 0 saturated carbocycles. The fourth-order valence-electron chi connectivity index (χ4n) is 2.82. The van der Waals surface area contributed by atoms with Gasteiger partial charge in [0.25, 0.3) is 0 Å². The third-order valence-electron chi connectivity index (χ3n) is 3.87. The highest BCUT2D eigenvalue weighted by Crippen LogP contribution is 2.34. The summed E-state index contributed by atoms with van der Waals surface area (Å²) in [6, 6.07) is 16.2. The van der Waals surface area contributed by atoms with Crippen LogP contribution < -0.4 is 15.4 Å². The van der Waals surface area contributed by atoms with Gasteiger partial charge in [0.1, 0.15) is 10.7 Å². The van der Waals surface area contributed by atoms with Gasteiger partial charge in [0.2, 0.25) is 0 Å². The predicted octanol–water partition coefficient (Wildman–Crippen LogP) is 2.93. The molecule has 0 fully saturated rings. The predicted molar refractivity (Wildman–Crippen MR) is 90.3 cm³/mol. The van der Waals surface area contributed by atoms with E-state index in [-0.39, 0.29) is 0 Å². The van der Waals surface area contributed by atoms with Crippen LogP contribution in [0.1, 0.15) is 17.0 Å². The molecule has 0 aromatic heterocycles. The van der Waals surface area contributed by atoms with Gasteiger partial charge in [0, 0.05) is 36.3 Å². The summed E-state index contributed by atoms with van der Waals surface area (Å²) in [4.78, 5) is 2.63. The van der Waals surface area contributed by atoms with Gasteiger partial charge in [-0.2, -0.15) is 0 Å². The van der Waals surface area contributed by atoms with Crippen LogP contribution in [0.4, 0.5) is 5.69 Å². The lowest BCUT2D eigenvalue weighted by Crippen LogP contribution is -2.27. The van der Waals surface area contributed by atoms with E-state index < -0.39 is 0 Å². The monoisotopic (exact) mass is 298 g/mol. The Morgan fingerprint density at radius 3 is 2.76 bits per heavy atom. The molecule has 0 saturated heterocycles. The molecule has 4 heteroatoms. The molecule has 0 spiro atoms. The van der Waals surface area contributed by atoms with Gasteiger partial charge in [-0.15, -0.1) is 0 Å². The Hall–Kier alpha value is -2.07. The van der Waals surface area contributed by atoms with Crippen LogP contribution in [0.15, 0.2) is 48.5 Å². The average Bonchev–Trinajstić information content (AvgIpc) is 2.90. The van der Waals surface area contributed by atoms with Gasteiger partial charge in [-0.25, -0.2) is 0 Å². The maximum absolute atomic E-state index is 5.82. The van der Waals surface area contributed by atoms with Crippen LogP contribution in [0.2, 0.25) is 0 Å². The zero-order valence-corrected chi connectivity index (χ0v) is 12.8. The molecule has 0 radical (unpaired) electrons. The first-order chi connectivity index (χ1) is 10.2. The van der Waals surface area contributed by atoms with Crippen molar-refractivity contribution >= 4 is 22.9 Å². The Morgan fingerprint density at radius 2 is 1.95 bits per heavy atom. The molecule has 2 aromatic rings. The van der Waals surface area contributed by atoms with Gasteiger partial charge in [-0.3, -0.25) is 0 Å². The summed E-state index contributed by atoms with van der Waals surface area (Å²) in [6.45, 7) is 1.59. The summed E-state index contributed by atoms with van der Waals surface area (Å²) in [5, 5.41) is 0. The highest BCUT2D eigenvalue weighted by Gasteiger charge is 2.25. The Bertz CT molecular complexity index is 671. The van der Waals surface area contributed by atoms with E-state index in [1.54, 1.807) is 0 Å². The lowest BCUT2D eigenvalue weighted by Gasteiger charge is -2.24. The van der Waals surface area contributed by atoms with Crippen molar-refractivity contribution in [3.8, 4) is 5.75 Å². The number of likely N-dealkylation sites (N-methyl/N-ethyl adjacent to an activating group) is 1. The molecule has 108 valence electrons. The molecule has 2 aromatic carbocycles. The number of anilines is 1. The average molecular weight is 298 g/mol. The molecule has 1 atom stereocenters. The van der Waals surface area contributed by atoms with Crippen LogP contribution in [-0.2, 0) is 0 Å². The molecule has 0 amide bonds. The molecular formula is C17H18N2OS. The molecule has 21 heavy (non-hydrogen) atoms. The van der Waals surface area contributed by atoms with Crippen LogP contribution >= 0.6 is 12.2 Å². The van der Waals surface area contributed by atoms with Crippen molar-refractivity contribution in [2.75, 3.05) is 25.1 Å². The Morgan fingerprint density at radius 1 is 1.24 bits per heavy atom. The summed E-state index contributed by atoms with van der Waals surface area (Å²) in [5.74, 6) is 1.36. The van der Waals surface area contributed by atoms with E-state index in [0.29, 0.717) is 10.9 Å². The van der Waals surface area contributed by atoms with Crippen molar-refractivity contribution in [2.24, 2.45) is 5.73 Å². The summed E-state index contributed by atoms with van der Waals surface area (Å²) >= 11 is 5.14. The minimum atomic E-state index is 0.366. The highest BCUT2D eigenvalue weighted by molar-refractivity contribution is 7.80. The summed E-state index contributed by atoms with van der Waals surface area (Å²) in [7, 11) is 2.07. The number of rotatable bonds is 4. The van der Waals surface area contributed by atoms with Crippen molar-refractivity contribution in [2.45, 2.75) is 5.92 Å². The molecule has 2 N–H and O–H groups in total. The lowest BCUT2D eigenvalue weighted by molar-refractivity contribution is 0.332. The molecule has 3 rings (SSSR count). The Kier molecular flexibility index (Phi) is 3.80. The number of benzene rings is 2. The van der Waals surface area contributed by atoms with Crippen LogP contribution in [-0.4, -0.2) is 25.2 Å². The van der Waals surface area contributed by atoms with E-state index in [0.717, 1.165) is 30.2 Å². The number of nitrogens with zero attached hydrogens (tertiary/aromatic N) is 1. The number of fused-ring (bicyclic) bond motifs is 1. The third-order valence-corrected chi connectivity index (χ3v) is 4.09. The first-order valence-electron chi connectivity index (χ1n) is 6.98. The van der Waals surface area contributed by atoms with Gasteiger partial charge in [-0.05, 0) is 18.2 Å². The Labute approximate surface area is 130 Å².